The summed E-state index contributed by atoms with van der Waals surface area (Å²) < 4.78 is 5.71. The normalized spacial score (nSPS) is 17.4. The number of hydrogen-bond acceptors (Lipinski definition) is 3. The van der Waals surface area contributed by atoms with Gasteiger partial charge in [0.2, 0.25) is 5.91 Å². The maximum absolute atomic E-state index is 12.2. The Morgan fingerprint density at radius 1 is 1.40 bits per heavy atom. The Hall–Kier alpha value is -2.04. The highest BCUT2D eigenvalue weighted by Crippen LogP contribution is 2.33. The van der Waals surface area contributed by atoms with Crippen LogP contribution < -0.4 is 15.0 Å². The number of hydrogen-bond donors (Lipinski definition) is 1. The molecule has 1 heterocycles. The van der Waals surface area contributed by atoms with Crippen LogP contribution in [-0.2, 0) is 9.59 Å². The SMILES string of the molecule is CCCC(=O)NCCC1Oc2ccccc2N(C)C1=O. The van der Waals surface area contributed by atoms with Crippen molar-refractivity contribution in [3.8, 4) is 5.75 Å². The summed E-state index contributed by atoms with van der Waals surface area (Å²) in [5, 5.41) is 2.80. The van der Waals surface area contributed by atoms with Crippen LogP contribution in [0.4, 0.5) is 5.69 Å². The van der Waals surface area contributed by atoms with Gasteiger partial charge in [-0.1, -0.05) is 19.1 Å². The lowest BCUT2D eigenvalue weighted by Crippen LogP contribution is -2.45. The van der Waals surface area contributed by atoms with Crippen LogP contribution in [0, 0.1) is 0 Å². The number of benzene rings is 1. The van der Waals surface area contributed by atoms with Crippen molar-refractivity contribution in [3.63, 3.8) is 0 Å². The van der Waals surface area contributed by atoms with Gasteiger partial charge in [0.05, 0.1) is 5.69 Å². The highest BCUT2D eigenvalue weighted by atomic mass is 16.5. The van der Waals surface area contributed by atoms with E-state index in [1.807, 2.05) is 31.2 Å². The van der Waals surface area contributed by atoms with Crippen LogP contribution in [0.25, 0.3) is 0 Å². The molecule has 1 aliphatic heterocycles. The zero-order valence-electron chi connectivity index (χ0n) is 11.9. The van der Waals surface area contributed by atoms with Gasteiger partial charge in [-0.15, -0.1) is 0 Å². The molecular weight excluding hydrogens is 256 g/mol. The molecule has 108 valence electrons. The van der Waals surface area contributed by atoms with Gasteiger partial charge in [0.25, 0.3) is 5.91 Å². The summed E-state index contributed by atoms with van der Waals surface area (Å²) in [4.78, 5) is 25.2. The quantitative estimate of drug-likeness (QED) is 0.890. The van der Waals surface area contributed by atoms with E-state index in [1.54, 1.807) is 11.9 Å². The highest BCUT2D eigenvalue weighted by molar-refractivity contribution is 5.99. The van der Waals surface area contributed by atoms with Gasteiger partial charge in [-0.05, 0) is 18.6 Å². The Kier molecular flexibility index (Phi) is 4.61. The smallest absolute Gasteiger partial charge is 0.267 e. The summed E-state index contributed by atoms with van der Waals surface area (Å²) in [7, 11) is 1.74. The summed E-state index contributed by atoms with van der Waals surface area (Å²) in [5.74, 6) is 0.650. The topological polar surface area (TPSA) is 58.6 Å². The highest BCUT2D eigenvalue weighted by Gasteiger charge is 2.31. The molecule has 1 N–H and O–H groups in total. The minimum absolute atomic E-state index is 0.0181. The summed E-state index contributed by atoms with van der Waals surface area (Å²) in [6, 6.07) is 7.45. The lowest BCUT2D eigenvalue weighted by molar-refractivity contribution is -0.127. The first kappa shape index (κ1) is 14.4. The van der Waals surface area contributed by atoms with E-state index < -0.39 is 6.10 Å². The first-order valence-corrected chi connectivity index (χ1v) is 6.93. The van der Waals surface area contributed by atoms with Crippen molar-refractivity contribution in [3.05, 3.63) is 24.3 Å². The van der Waals surface area contributed by atoms with E-state index in [2.05, 4.69) is 5.32 Å². The van der Waals surface area contributed by atoms with Crippen LogP contribution in [0.5, 0.6) is 5.75 Å². The molecule has 1 unspecified atom stereocenters. The van der Waals surface area contributed by atoms with Gasteiger partial charge in [-0.25, -0.2) is 0 Å². The Morgan fingerprint density at radius 2 is 2.15 bits per heavy atom. The molecule has 20 heavy (non-hydrogen) atoms. The molecule has 1 aromatic rings. The van der Waals surface area contributed by atoms with Crippen molar-refractivity contribution >= 4 is 17.5 Å². The zero-order chi connectivity index (χ0) is 14.5. The molecule has 0 fully saturated rings. The van der Waals surface area contributed by atoms with E-state index in [9.17, 15) is 9.59 Å². The van der Waals surface area contributed by atoms with E-state index in [0.717, 1.165) is 12.1 Å². The van der Waals surface area contributed by atoms with Crippen molar-refractivity contribution in [1.29, 1.82) is 0 Å². The van der Waals surface area contributed by atoms with Crippen molar-refractivity contribution in [2.45, 2.75) is 32.3 Å². The molecule has 5 nitrogen and oxygen atoms in total. The van der Waals surface area contributed by atoms with Crippen molar-refractivity contribution in [1.82, 2.24) is 5.32 Å². The number of fused-ring (bicyclic) bond motifs is 1. The minimum Gasteiger partial charge on any atom is -0.478 e. The molecule has 0 aromatic heterocycles. The summed E-state index contributed by atoms with van der Waals surface area (Å²) in [6.07, 6.45) is 1.28. The van der Waals surface area contributed by atoms with E-state index in [-0.39, 0.29) is 11.8 Å². The van der Waals surface area contributed by atoms with Gasteiger partial charge >= 0.3 is 0 Å². The van der Waals surface area contributed by atoms with Crippen LogP contribution in [0.3, 0.4) is 0 Å². The number of amides is 2. The predicted octanol–water partition coefficient (Wildman–Crippen LogP) is 1.72. The van der Waals surface area contributed by atoms with Crippen LogP contribution >= 0.6 is 0 Å². The van der Waals surface area contributed by atoms with E-state index in [4.69, 9.17) is 4.74 Å². The van der Waals surface area contributed by atoms with Gasteiger partial charge in [0.15, 0.2) is 6.10 Å². The average molecular weight is 276 g/mol. The lowest BCUT2D eigenvalue weighted by atomic mass is 10.1. The fourth-order valence-corrected chi connectivity index (χ4v) is 2.21. The lowest BCUT2D eigenvalue weighted by Gasteiger charge is -2.31. The third kappa shape index (κ3) is 3.10. The Bertz CT molecular complexity index is 502. The standard InChI is InChI=1S/C15H20N2O3/c1-3-6-14(18)16-10-9-13-15(19)17(2)11-7-4-5-8-12(11)20-13/h4-5,7-8,13H,3,6,9-10H2,1-2H3,(H,16,18). The van der Waals surface area contributed by atoms with Gasteiger partial charge in [-0.2, -0.15) is 0 Å². The van der Waals surface area contributed by atoms with Gasteiger partial charge < -0.3 is 15.0 Å². The third-order valence-electron chi connectivity index (χ3n) is 3.31. The molecule has 0 saturated heterocycles. The number of nitrogens with one attached hydrogen (secondary N) is 1. The molecule has 0 spiro atoms. The molecule has 1 aliphatic rings. The molecule has 0 aliphatic carbocycles. The molecule has 0 saturated carbocycles. The largest absolute Gasteiger partial charge is 0.478 e. The summed E-state index contributed by atoms with van der Waals surface area (Å²) in [6.45, 7) is 2.41. The number of anilines is 1. The average Bonchev–Trinajstić information content (AvgIpc) is 2.44. The van der Waals surface area contributed by atoms with Crippen LogP contribution in [-0.4, -0.2) is 31.5 Å². The number of nitrogens with zero attached hydrogens (tertiary/aromatic N) is 1. The number of carbonyl (C=O) groups is 2. The Labute approximate surface area is 118 Å². The first-order valence-electron chi connectivity index (χ1n) is 6.93. The monoisotopic (exact) mass is 276 g/mol. The minimum atomic E-state index is -0.531. The molecular formula is C15H20N2O3. The van der Waals surface area contributed by atoms with E-state index in [0.29, 0.717) is 25.1 Å². The van der Waals surface area contributed by atoms with E-state index >= 15 is 0 Å². The number of rotatable bonds is 5. The number of ether oxygens (including phenoxy) is 1. The van der Waals surface area contributed by atoms with Gasteiger partial charge in [0, 0.05) is 26.4 Å². The zero-order valence-corrected chi connectivity index (χ0v) is 11.9. The number of carbonyl (C=O) groups excluding carboxylic acids is 2. The summed E-state index contributed by atoms with van der Waals surface area (Å²) in [5.41, 5.74) is 0.781. The van der Waals surface area contributed by atoms with Crippen LogP contribution in [0.15, 0.2) is 24.3 Å². The molecule has 0 bridgehead atoms. The molecule has 2 amide bonds. The van der Waals surface area contributed by atoms with Crippen LogP contribution in [0.2, 0.25) is 0 Å². The van der Waals surface area contributed by atoms with Gasteiger partial charge in [-0.3, -0.25) is 9.59 Å². The van der Waals surface area contributed by atoms with Crippen molar-refractivity contribution < 1.29 is 14.3 Å². The second kappa shape index (κ2) is 6.41. The molecule has 2 rings (SSSR count). The molecule has 5 heteroatoms. The maximum Gasteiger partial charge on any atom is 0.267 e. The molecule has 0 radical (unpaired) electrons. The fraction of sp³-hybridized carbons (Fsp3) is 0.467. The van der Waals surface area contributed by atoms with Gasteiger partial charge in [0.1, 0.15) is 5.75 Å². The first-order chi connectivity index (χ1) is 9.63. The third-order valence-corrected chi connectivity index (χ3v) is 3.31. The number of likely N-dealkylation sites (N-methyl/N-ethyl adjacent to an activating group) is 1. The van der Waals surface area contributed by atoms with Crippen molar-refractivity contribution in [2.24, 2.45) is 0 Å². The van der Waals surface area contributed by atoms with E-state index in [1.165, 1.54) is 0 Å². The molecule has 1 aromatic carbocycles. The number of para-hydroxylation sites is 2. The second-order valence-electron chi connectivity index (χ2n) is 4.86. The summed E-state index contributed by atoms with van der Waals surface area (Å²) >= 11 is 0. The Balaban J connectivity index is 1.94. The molecule has 1 atom stereocenters. The Morgan fingerprint density at radius 3 is 2.90 bits per heavy atom. The predicted molar refractivity (Wildman–Crippen MR) is 76.8 cm³/mol. The second-order valence-corrected chi connectivity index (χ2v) is 4.86. The van der Waals surface area contributed by atoms with Crippen molar-refractivity contribution in [2.75, 3.05) is 18.5 Å². The maximum atomic E-state index is 12.2. The fourth-order valence-electron chi connectivity index (χ4n) is 2.21. The van der Waals surface area contributed by atoms with Crippen LogP contribution in [0.1, 0.15) is 26.2 Å².